The van der Waals surface area contributed by atoms with Crippen molar-refractivity contribution in [2.24, 2.45) is 0 Å². The molecule has 29 heavy (non-hydrogen) atoms. The first-order valence-electron chi connectivity index (χ1n) is 9.51. The van der Waals surface area contributed by atoms with Crippen LogP contribution in [0.5, 0.6) is 0 Å². The predicted octanol–water partition coefficient (Wildman–Crippen LogP) is 1.62. The third-order valence-electron chi connectivity index (χ3n) is 5.53. The minimum atomic E-state index is -2.91. The fourth-order valence-corrected chi connectivity index (χ4v) is 7.10. The van der Waals surface area contributed by atoms with Crippen LogP contribution in [0, 0.1) is 0 Å². The van der Waals surface area contributed by atoms with Crippen molar-refractivity contribution in [3.63, 3.8) is 0 Å². The predicted molar refractivity (Wildman–Crippen MR) is 114 cm³/mol. The molecule has 0 aliphatic carbocycles. The Balaban J connectivity index is 1.29. The second-order valence-electron chi connectivity index (χ2n) is 7.40. The fourth-order valence-electron chi connectivity index (χ4n) is 3.91. The van der Waals surface area contributed by atoms with Crippen molar-refractivity contribution < 1.29 is 18.0 Å². The Bertz CT molecular complexity index is 1040. The van der Waals surface area contributed by atoms with E-state index in [4.69, 9.17) is 11.6 Å². The molecule has 1 aromatic carbocycles. The lowest BCUT2D eigenvalue weighted by Gasteiger charge is -2.37. The normalized spacial score (nSPS) is 22.1. The molecular weight excluding hydrogens is 434 g/mol. The number of rotatable bonds is 4. The van der Waals surface area contributed by atoms with Crippen LogP contribution in [0.15, 0.2) is 24.3 Å². The van der Waals surface area contributed by atoms with Gasteiger partial charge in [-0.2, -0.15) is 0 Å². The summed E-state index contributed by atoms with van der Waals surface area (Å²) in [6.45, 7) is 2.30. The van der Waals surface area contributed by atoms with Gasteiger partial charge in [0, 0.05) is 42.3 Å². The van der Waals surface area contributed by atoms with E-state index in [1.54, 1.807) is 4.90 Å². The largest absolute Gasteiger partial charge is 0.342 e. The third-order valence-corrected chi connectivity index (χ3v) is 8.96. The molecule has 2 fully saturated rings. The highest BCUT2D eigenvalue weighted by atomic mass is 35.5. The van der Waals surface area contributed by atoms with Crippen LogP contribution in [0.2, 0.25) is 5.02 Å². The maximum absolute atomic E-state index is 12.5. The highest BCUT2D eigenvalue weighted by Gasteiger charge is 2.34. The number of amides is 2. The van der Waals surface area contributed by atoms with Gasteiger partial charge in [-0.25, -0.2) is 8.42 Å². The number of hydrogen-bond acceptors (Lipinski definition) is 6. The van der Waals surface area contributed by atoms with Crippen molar-refractivity contribution >= 4 is 54.7 Å². The van der Waals surface area contributed by atoms with E-state index in [9.17, 15) is 18.0 Å². The number of piperazine rings is 1. The standard InChI is InChI=1S/C19H22ClN3O4S2/c20-17-14-3-1-2-4-15(14)28-18(17)19(25)21-11-16(24)23-8-6-22(7-9-23)13-5-10-29(26,27)12-13/h1-4,13H,5-12H2,(H,21,25). The maximum Gasteiger partial charge on any atom is 0.263 e. The number of thiophene rings is 1. The van der Waals surface area contributed by atoms with Crippen molar-refractivity contribution in [2.45, 2.75) is 12.5 Å². The highest BCUT2D eigenvalue weighted by molar-refractivity contribution is 7.91. The van der Waals surface area contributed by atoms with Gasteiger partial charge in [-0.05, 0) is 12.5 Å². The van der Waals surface area contributed by atoms with Crippen LogP contribution in [-0.2, 0) is 14.6 Å². The van der Waals surface area contributed by atoms with Crippen molar-refractivity contribution in [2.75, 3.05) is 44.2 Å². The summed E-state index contributed by atoms with van der Waals surface area (Å²) >= 11 is 7.63. The molecule has 3 heterocycles. The van der Waals surface area contributed by atoms with Gasteiger partial charge in [0.05, 0.1) is 23.1 Å². The summed E-state index contributed by atoms with van der Waals surface area (Å²) in [5.41, 5.74) is 0. The Labute approximate surface area is 178 Å². The Morgan fingerprint density at radius 2 is 1.90 bits per heavy atom. The minimum absolute atomic E-state index is 0.0621. The number of nitrogens with zero attached hydrogens (tertiary/aromatic N) is 2. The molecule has 2 aliphatic heterocycles. The zero-order chi connectivity index (χ0) is 20.6. The summed E-state index contributed by atoms with van der Waals surface area (Å²) in [5, 5.41) is 3.92. The summed E-state index contributed by atoms with van der Waals surface area (Å²) in [5.74, 6) is -0.0237. The fraction of sp³-hybridized carbons (Fsp3) is 0.474. The van der Waals surface area contributed by atoms with Crippen molar-refractivity contribution in [1.82, 2.24) is 15.1 Å². The minimum Gasteiger partial charge on any atom is -0.342 e. The molecule has 1 N–H and O–H groups in total. The molecule has 10 heteroatoms. The second kappa shape index (κ2) is 8.22. The van der Waals surface area contributed by atoms with E-state index < -0.39 is 9.84 Å². The van der Waals surface area contributed by atoms with Crippen LogP contribution in [-0.4, -0.2) is 80.3 Å². The molecule has 1 atom stereocenters. The topological polar surface area (TPSA) is 86.8 Å². The number of nitrogens with one attached hydrogen (secondary N) is 1. The summed E-state index contributed by atoms with van der Waals surface area (Å²) in [6, 6.07) is 7.59. The van der Waals surface area contributed by atoms with E-state index in [1.165, 1.54) is 11.3 Å². The van der Waals surface area contributed by atoms with Gasteiger partial charge < -0.3 is 10.2 Å². The number of hydrogen-bond donors (Lipinski definition) is 1. The molecule has 2 aliphatic rings. The number of halogens is 1. The lowest BCUT2D eigenvalue weighted by molar-refractivity contribution is -0.132. The van der Waals surface area contributed by atoms with E-state index in [0.29, 0.717) is 42.5 Å². The molecule has 2 saturated heterocycles. The van der Waals surface area contributed by atoms with Gasteiger partial charge in [-0.1, -0.05) is 29.8 Å². The van der Waals surface area contributed by atoms with E-state index in [-0.39, 0.29) is 35.9 Å². The smallest absolute Gasteiger partial charge is 0.263 e. The van der Waals surface area contributed by atoms with Gasteiger partial charge in [-0.3, -0.25) is 14.5 Å². The first-order valence-corrected chi connectivity index (χ1v) is 12.5. The average molecular weight is 456 g/mol. The molecule has 0 bridgehead atoms. The zero-order valence-electron chi connectivity index (χ0n) is 15.8. The summed E-state index contributed by atoms with van der Waals surface area (Å²) in [6.07, 6.45) is 0.669. The monoisotopic (exact) mass is 455 g/mol. The average Bonchev–Trinajstić information content (AvgIpc) is 3.25. The highest BCUT2D eigenvalue weighted by Crippen LogP contribution is 2.34. The molecule has 0 radical (unpaired) electrons. The third kappa shape index (κ3) is 4.42. The van der Waals surface area contributed by atoms with E-state index >= 15 is 0 Å². The van der Waals surface area contributed by atoms with E-state index in [0.717, 1.165) is 10.1 Å². The summed E-state index contributed by atoms with van der Waals surface area (Å²) < 4.78 is 24.3. The van der Waals surface area contributed by atoms with Crippen LogP contribution in [0.25, 0.3) is 10.1 Å². The van der Waals surface area contributed by atoms with Crippen molar-refractivity contribution in [3.8, 4) is 0 Å². The molecule has 2 amide bonds. The Morgan fingerprint density at radius 1 is 1.17 bits per heavy atom. The number of benzene rings is 1. The Morgan fingerprint density at radius 3 is 2.55 bits per heavy atom. The van der Waals surface area contributed by atoms with E-state index in [1.807, 2.05) is 24.3 Å². The SMILES string of the molecule is O=C(NCC(=O)N1CCN(C2CCS(=O)(=O)C2)CC1)c1sc2ccccc2c1Cl. The first-order chi connectivity index (χ1) is 13.8. The Hall–Kier alpha value is -1.68. The maximum atomic E-state index is 12.5. The van der Waals surface area contributed by atoms with Crippen LogP contribution in [0.4, 0.5) is 0 Å². The molecule has 1 aromatic heterocycles. The number of sulfone groups is 1. The van der Waals surface area contributed by atoms with E-state index in [2.05, 4.69) is 10.2 Å². The van der Waals surface area contributed by atoms with Crippen molar-refractivity contribution in [3.05, 3.63) is 34.2 Å². The zero-order valence-corrected chi connectivity index (χ0v) is 18.2. The first kappa shape index (κ1) is 20.6. The molecule has 2 aromatic rings. The van der Waals surface area contributed by atoms with Gasteiger partial charge in [0.1, 0.15) is 4.88 Å². The number of carbonyl (C=O) groups excluding carboxylic acids is 2. The number of fused-ring (bicyclic) bond motifs is 1. The molecule has 4 rings (SSSR count). The number of carbonyl (C=O) groups is 2. The molecular formula is C19H22ClN3O4S2. The van der Waals surface area contributed by atoms with Crippen molar-refractivity contribution in [1.29, 1.82) is 0 Å². The molecule has 0 saturated carbocycles. The molecule has 0 spiro atoms. The van der Waals surface area contributed by atoms with Crippen LogP contribution in [0.1, 0.15) is 16.1 Å². The van der Waals surface area contributed by atoms with Crippen LogP contribution < -0.4 is 5.32 Å². The van der Waals surface area contributed by atoms with Gasteiger partial charge in [0.25, 0.3) is 5.91 Å². The lowest BCUT2D eigenvalue weighted by atomic mass is 10.2. The molecule has 7 nitrogen and oxygen atoms in total. The molecule has 156 valence electrons. The summed E-state index contributed by atoms with van der Waals surface area (Å²) in [4.78, 5) is 29.3. The Kier molecular flexibility index (Phi) is 5.83. The van der Waals surface area contributed by atoms with Gasteiger partial charge in [0.15, 0.2) is 9.84 Å². The van der Waals surface area contributed by atoms with Crippen LogP contribution in [0.3, 0.4) is 0 Å². The summed E-state index contributed by atoms with van der Waals surface area (Å²) in [7, 11) is -2.91. The lowest BCUT2D eigenvalue weighted by Crippen LogP contribution is -2.53. The van der Waals surface area contributed by atoms with Gasteiger partial charge in [-0.15, -0.1) is 11.3 Å². The quantitative estimate of drug-likeness (QED) is 0.757. The van der Waals surface area contributed by atoms with Crippen LogP contribution >= 0.6 is 22.9 Å². The second-order valence-corrected chi connectivity index (χ2v) is 11.1. The molecule has 1 unspecified atom stereocenters. The van der Waals surface area contributed by atoms with Gasteiger partial charge >= 0.3 is 0 Å². The van der Waals surface area contributed by atoms with Gasteiger partial charge in [0.2, 0.25) is 5.91 Å².